The molecule has 102 valence electrons. The van der Waals surface area contributed by atoms with E-state index in [4.69, 9.17) is 10.5 Å². The van der Waals surface area contributed by atoms with E-state index in [1.807, 2.05) is 36.1 Å². The number of methoxy groups -OCH3 is 1. The van der Waals surface area contributed by atoms with Crippen molar-refractivity contribution in [2.45, 2.75) is 25.8 Å². The van der Waals surface area contributed by atoms with Gasteiger partial charge in [0, 0.05) is 30.5 Å². The molecule has 19 heavy (non-hydrogen) atoms. The Morgan fingerprint density at radius 1 is 1.37 bits per heavy atom. The molecule has 0 bridgehead atoms. The minimum absolute atomic E-state index is 0.0234. The second-order valence-corrected chi connectivity index (χ2v) is 4.84. The van der Waals surface area contributed by atoms with Crippen molar-refractivity contribution in [3.63, 3.8) is 0 Å². The first-order chi connectivity index (χ1) is 9.11. The van der Waals surface area contributed by atoms with Gasteiger partial charge in [-0.05, 0) is 31.9 Å². The van der Waals surface area contributed by atoms with Gasteiger partial charge in [-0.15, -0.1) is 0 Å². The lowest BCUT2D eigenvalue weighted by molar-refractivity contribution is 0.404. The van der Waals surface area contributed by atoms with Gasteiger partial charge in [-0.1, -0.05) is 17.7 Å². The minimum atomic E-state index is -0.0234. The first kappa shape index (κ1) is 13.6. The molecule has 0 spiro atoms. The van der Waals surface area contributed by atoms with E-state index in [0.29, 0.717) is 0 Å². The van der Waals surface area contributed by atoms with Crippen molar-refractivity contribution >= 4 is 0 Å². The average Bonchev–Trinajstić information content (AvgIpc) is 2.81. The molecule has 4 nitrogen and oxygen atoms in total. The molecular formula is C15H21N3O. The summed E-state index contributed by atoms with van der Waals surface area (Å²) in [6.45, 7) is 2.07. The largest absolute Gasteiger partial charge is 0.496 e. The van der Waals surface area contributed by atoms with Crippen molar-refractivity contribution in [1.82, 2.24) is 9.78 Å². The molecule has 2 N–H and O–H groups in total. The Morgan fingerprint density at radius 2 is 2.16 bits per heavy atom. The number of aromatic nitrogens is 2. The monoisotopic (exact) mass is 259 g/mol. The van der Waals surface area contributed by atoms with Gasteiger partial charge in [0.25, 0.3) is 0 Å². The van der Waals surface area contributed by atoms with Crippen LogP contribution in [0.5, 0.6) is 5.75 Å². The fraction of sp³-hybridized carbons (Fsp3) is 0.400. The molecular weight excluding hydrogens is 238 g/mol. The maximum Gasteiger partial charge on any atom is 0.123 e. The summed E-state index contributed by atoms with van der Waals surface area (Å²) in [7, 11) is 3.64. The van der Waals surface area contributed by atoms with Gasteiger partial charge < -0.3 is 10.5 Å². The number of nitrogens with two attached hydrogens (primary N) is 1. The van der Waals surface area contributed by atoms with Crippen LogP contribution in [0.25, 0.3) is 0 Å². The highest BCUT2D eigenvalue weighted by Crippen LogP contribution is 2.27. The van der Waals surface area contributed by atoms with Crippen LogP contribution in [0.2, 0.25) is 0 Å². The normalized spacial score (nSPS) is 12.4. The summed E-state index contributed by atoms with van der Waals surface area (Å²) in [5.74, 6) is 0.864. The van der Waals surface area contributed by atoms with E-state index in [0.717, 1.165) is 24.2 Å². The van der Waals surface area contributed by atoms with Crippen molar-refractivity contribution < 1.29 is 4.74 Å². The van der Waals surface area contributed by atoms with Crippen molar-refractivity contribution in [3.8, 4) is 5.75 Å². The van der Waals surface area contributed by atoms with E-state index >= 15 is 0 Å². The van der Waals surface area contributed by atoms with Gasteiger partial charge in [-0.3, -0.25) is 4.68 Å². The molecule has 0 saturated heterocycles. The van der Waals surface area contributed by atoms with Crippen LogP contribution >= 0.6 is 0 Å². The minimum Gasteiger partial charge on any atom is -0.496 e. The average molecular weight is 259 g/mol. The predicted molar refractivity (Wildman–Crippen MR) is 76.2 cm³/mol. The lowest BCUT2D eigenvalue weighted by Gasteiger charge is -2.16. The van der Waals surface area contributed by atoms with Crippen LogP contribution in [-0.2, 0) is 13.5 Å². The maximum atomic E-state index is 6.30. The number of benzene rings is 1. The van der Waals surface area contributed by atoms with Crippen molar-refractivity contribution in [2.75, 3.05) is 7.11 Å². The molecule has 0 radical (unpaired) electrons. The van der Waals surface area contributed by atoms with E-state index < -0.39 is 0 Å². The third-order valence-corrected chi connectivity index (χ3v) is 3.42. The Balaban J connectivity index is 2.09. The van der Waals surface area contributed by atoms with Crippen molar-refractivity contribution in [3.05, 3.63) is 47.3 Å². The molecule has 1 aromatic heterocycles. The molecule has 2 aromatic rings. The highest BCUT2D eigenvalue weighted by atomic mass is 16.5. The number of rotatable bonds is 5. The standard InChI is InChI=1S/C15H21N3O/c1-11-4-7-15(19-3)13(10-11)14(16)6-5-12-8-9-17-18(12)2/h4,7-10,14H,5-6,16H2,1-3H3. The molecule has 1 aromatic carbocycles. The van der Waals surface area contributed by atoms with Gasteiger partial charge in [0.15, 0.2) is 0 Å². The Labute approximate surface area is 114 Å². The highest BCUT2D eigenvalue weighted by molar-refractivity contribution is 5.39. The molecule has 0 saturated carbocycles. The number of hydrogen-bond donors (Lipinski definition) is 1. The van der Waals surface area contributed by atoms with Crippen LogP contribution in [0.3, 0.4) is 0 Å². The lowest BCUT2D eigenvalue weighted by Crippen LogP contribution is -2.13. The van der Waals surface area contributed by atoms with Crippen LogP contribution < -0.4 is 10.5 Å². The summed E-state index contributed by atoms with van der Waals surface area (Å²) in [5, 5.41) is 4.17. The van der Waals surface area contributed by atoms with Crippen LogP contribution in [0, 0.1) is 6.92 Å². The zero-order valence-electron chi connectivity index (χ0n) is 11.8. The molecule has 0 aliphatic heterocycles. The van der Waals surface area contributed by atoms with Gasteiger partial charge in [0.1, 0.15) is 5.75 Å². The number of aryl methyl sites for hydroxylation is 3. The number of nitrogens with zero attached hydrogens (tertiary/aromatic N) is 2. The van der Waals surface area contributed by atoms with E-state index in [-0.39, 0.29) is 6.04 Å². The zero-order chi connectivity index (χ0) is 13.8. The molecule has 0 amide bonds. The van der Waals surface area contributed by atoms with Crippen LogP contribution in [0.15, 0.2) is 30.5 Å². The Morgan fingerprint density at radius 3 is 2.79 bits per heavy atom. The Hall–Kier alpha value is -1.81. The quantitative estimate of drug-likeness (QED) is 0.897. The number of ether oxygens (including phenoxy) is 1. The molecule has 2 rings (SSSR count). The second-order valence-electron chi connectivity index (χ2n) is 4.84. The fourth-order valence-corrected chi connectivity index (χ4v) is 2.25. The molecule has 0 fully saturated rings. The van der Waals surface area contributed by atoms with E-state index in [1.54, 1.807) is 7.11 Å². The Bertz CT molecular complexity index is 548. The topological polar surface area (TPSA) is 53.1 Å². The van der Waals surface area contributed by atoms with Gasteiger partial charge in [0.05, 0.1) is 7.11 Å². The second kappa shape index (κ2) is 5.89. The molecule has 0 aliphatic rings. The van der Waals surface area contributed by atoms with E-state index in [9.17, 15) is 0 Å². The van der Waals surface area contributed by atoms with E-state index in [1.165, 1.54) is 11.3 Å². The summed E-state index contributed by atoms with van der Waals surface area (Å²) in [6.07, 6.45) is 3.60. The summed E-state index contributed by atoms with van der Waals surface area (Å²) >= 11 is 0. The lowest BCUT2D eigenvalue weighted by atomic mass is 9.99. The van der Waals surface area contributed by atoms with E-state index in [2.05, 4.69) is 18.1 Å². The number of hydrogen-bond acceptors (Lipinski definition) is 3. The summed E-state index contributed by atoms with van der Waals surface area (Å²) in [6, 6.07) is 8.13. The van der Waals surface area contributed by atoms with Gasteiger partial charge in [0.2, 0.25) is 0 Å². The van der Waals surface area contributed by atoms with Crippen LogP contribution in [0.4, 0.5) is 0 Å². The molecule has 4 heteroatoms. The molecule has 1 heterocycles. The molecule has 1 unspecified atom stereocenters. The van der Waals surface area contributed by atoms with Gasteiger partial charge in [-0.2, -0.15) is 5.10 Å². The van der Waals surface area contributed by atoms with Crippen molar-refractivity contribution in [2.24, 2.45) is 12.8 Å². The first-order valence-electron chi connectivity index (χ1n) is 6.49. The van der Waals surface area contributed by atoms with Gasteiger partial charge in [-0.25, -0.2) is 0 Å². The van der Waals surface area contributed by atoms with Crippen LogP contribution in [-0.4, -0.2) is 16.9 Å². The SMILES string of the molecule is COc1ccc(C)cc1C(N)CCc1ccnn1C. The maximum absolute atomic E-state index is 6.30. The highest BCUT2D eigenvalue weighted by Gasteiger charge is 2.13. The third kappa shape index (κ3) is 3.15. The fourth-order valence-electron chi connectivity index (χ4n) is 2.25. The van der Waals surface area contributed by atoms with Gasteiger partial charge >= 0.3 is 0 Å². The zero-order valence-corrected chi connectivity index (χ0v) is 11.8. The Kier molecular flexibility index (Phi) is 4.22. The summed E-state index contributed by atoms with van der Waals surface area (Å²) in [5.41, 5.74) is 9.77. The first-order valence-corrected chi connectivity index (χ1v) is 6.49. The predicted octanol–water partition coefficient (Wildman–Crippen LogP) is 2.37. The summed E-state index contributed by atoms with van der Waals surface area (Å²) in [4.78, 5) is 0. The summed E-state index contributed by atoms with van der Waals surface area (Å²) < 4.78 is 7.27. The molecule has 1 atom stereocenters. The molecule has 0 aliphatic carbocycles. The van der Waals surface area contributed by atoms with Crippen molar-refractivity contribution in [1.29, 1.82) is 0 Å². The van der Waals surface area contributed by atoms with Crippen LogP contribution in [0.1, 0.15) is 29.3 Å². The third-order valence-electron chi connectivity index (χ3n) is 3.42. The smallest absolute Gasteiger partial charge is 0.123 e.